The van der Waals surface area contributed by atoms with Crippen LogP contribution in [-0.2, 0) is 0 Å². The second kappa shape index (κ2) is 8.01. The summed E-state index contributed by atoms with van der Waals surface area (Å²) < 4.78 is 0. The fourth-order valence-corrected chi connectivity index (χ4v) is 6.78. The molecule has 22 heavy (non-hydrogen) atoms. The van der Waals surface area contributed by atoms with Gasteiger partial charge in [0.1, 0.15) is 0 Å². The topological polar surface area (TPSA) is 0 Å². The number of hydrogen-bond acceptors (Lipinski definition) is 0. The van der Waals surface area contributed by atoms with Crippen LogP contribution in [-0.4, -0.2) is 0 Å². The molecule has 0 fully saturated rings. The largest absolute Gasteiger partial charge is 1.00 e. The van der Waals surface area contributed by atoms with Gasteiger partial charge in [-0.15, -0.1) is 0 Å². The van der Waals surface area contributed by atoms with Gasteiger partial charge in [-0.25, -0.2) is 0 Å². The zero-order valence-corrected chi connectivity index (χ0v) is 14.2. The third kappa shape index (κ3) is 3.17. The first-order valence-electron chi connectivity index (χ1n) is 6.88. The molecule has 0 saturated carbocycles. The van der Waals surface area contributed by atoms with Crippen molar-refractivity contribution in [2.24, 2.45) is 0 Å². The van der Waals surface area contributed by atoms with Crippen molar-refractivity contribution in [2.45, 2.75) is 0 Å². The third-order valence-corrected chi connectivity index (χ3v) is 8.15. The average molecular weight is 318 g/mol. The molecule has 0 N–H and O–H groups in total. The van der Waals surface area contributed by atoms with Crippen LogP contribution in [0.5, 0.6) is 0 Å². The molecule has 3 aromatic carbocycles. The first kappa shape index (κ1) is 17.3. The summed E-state index contributed by atoms with van der Waals surface area (Å²) in [6.07, 6.45) is 0. The molecule has 0 spiro atoms. The van der Waals surface area contributed by atoms with Crippen molar-refractivity contribution in [3.8, 4) is 0 Å². The maximum Gasteiger partial charge on any atom is 1.00 e. The molecule has 0 atom stereocenters. The zero-order valence-electron chi connectivity index (χ0n) is 12.6. The number of halogens is 1. The Kier molecular flexibility index (Phi) is 6.31. The minimum absolute atomic E-state index is 0. The summed E-state index contributed by atoms with van der Waals surface area (Å²) in [5.74, 6) is 0. The Morgan fingerprint density at radius 3 is 1.05 bits per heavy atom. The number of rotatable bonds is 4. The van der Waals surface area contributed by atoms with Crippen LogP contribution in [0.4, 0.5) is 0 Å². The van der Waals surface area contributed by atoms with Gasteiger partial charge < -0.3 is 11.6 Å². The van der Waals surface area contributed by atoms with Crippen LogP contribution >= 0.6 is 18.9 Å². The molecule has 0 aliphatic carbocycles. The molecule has 0 aromatic heterocycles. The van der Waals surface area contributed by atoms with E-state index in [2.05, 4.69) is 72.8 Å². The Bertz CT molecular complexity index is 590. The van der Waals surface area contributed by atoms with Crippen molar-refractivity contribution in [3.63, 3.8) is 0 Å². The smallest absolute Gasteiger partial charge is 0.303 e. The van der Waals surface area contributed by atoms with E-state index >= 15 is 0 Å². The first-order valence-corrected chi connectivity index (χ1v) is 9.17. The second-order valence-corrected chi connectivity index (χ2v) is 8.60. The summed E-state index contributed by atoms with van der Waals surface area (Å²) in [6.45, 7) is 0. The van der Waals surface area contributed by atoms with Crippen molar-refractivity contribution in [1.29, 1.82) is 0 Å². The van der Waals surface area contributed by atoms with Gasteiger partial charge in [-0.05, 0) is 43.7 Å². The van der Waals surface area contributed by atoms with E-state index in [1.807, 2.05) is 23.8 Å². The van der Waals surface area contributed by atoms with Crippen molar-refractivity contribution in [3.05, 3.63) is 96.6 Å². The molecule has 0 radical (unpaired) electrons. The summed E-state index contributed by atoms with van der Waals surface area (Å²) in [7, 11) is -1.89. The van der Waals surface area contributed by atoms with Gasteiger partial charge in [0, 0.05) is 0 Å². The predicted octanol–water partition coefficient (Wildman–Crippen LogP) is 1.34. The molecule has 0 saturated heterocycles. The number of benzene rings is 3. The monoisotopic (exact) mass is 317 g/mol. The van der Waals surface area contributed by atoms with E-state index in [-0.39, 0.29) is 18.9 Å². The van der Waals surface area contributed by atoms with Gasteiger partial charge in [0.2, 0.25) is 0 Å². The zero-order chi connectivity index (χ0) is 14.5. The Morgan fingerprint density at radius 2 is 0.818 bits per heavy atom. The molecule has 0 nitrogen and oxygen atoms in total. The van der Waals surface area contributed by atoms with E-state index in [0.29, 0.717) is 0 Å². The van der Waals surface area contributed by atoms with Crippen LogP contribution in [0.25, 0.3) is 0 Å². The molecule has 0 bridgehead atoms. The van der Waals surface area contributed by atoms with Crippen molar-refractivity contribution in [2.75, 3.05) is 0 Å². The summed E-state index contributed by atoms with van der Waals surface area (Å²) >= 11 is 6.45. The molecular weight excluding hydrogens is 302 g/mol. The molecule has 0 unspecified atom stereocenters. The van der Waals surface area contributed by atoms with Gasteiger partial charge in [-0.2, -0.15) is 0 Å². The van der Waals surface area contributed by atoms with Crippen LogP contribution < -0.4 is 34.8 Å². The van der Waals surface area contributed by atoms with Crippen molar-refractivity contribution in [1.82, 2.24) is 0 Å². The maximum atomic E-state index is 6.45. The van der Waals surface area contributed by atoms with E-state index in [4.69, 9.17) is 11.6 Å². The Labute approximate surface area is 150 Å². The quantitative estimate of drug-likeness (QED) is 0.387. The minimum Gasteiger partial charge on any atom is -0.303 e. The van der Waals surface area contributed by atoms with Gasteiger partial charge in [0.25, 0.3) is 0 Å². The van der Waals surface area contributed by atoms with Gasteiger partial charge in [0.05, 0.1) is 15.9 Å². The molecule has 104 valence electrons. The van der Waals surface area contributed by atoms with Gasteiger partial charge in [-0.3, -0.25) is 0 Å². The van der Waals surface area contributed by atoms with Crippen LogP contribution in [0.1, 0.15) is 0 Å². The van der Waals surface area contributed by atoms with Gasteiger partial charge in [-0.1, -0.05) is 60.2 Å². The fourth-order valence-electron chi connectivity index (χ4n) is 2.61. The van der Waals surface area contributed by atoms with Crippen LogP contribution in [0.3, 0.4) is 0 Å². The molecule has 0 amide bonds. The predicted molar refractivity (Wildman–Crippen MR) is 95.3 cm³/mol. The summed E-state index contributed by atoms with van der Waals surface area (Å²) in [5.41, 5.74) is 1.88. The minimum atomic E-state index is -1.89. The molecule has 0 aliphatic heterocycles. The Balaban J connectivity index is 0.00000176. The van der Waals surface area contributed by atoms with Gasteiger partial charge in [0.15, 0.2) is 0 Å². The number of hydrogen-bond donors (Lipinski definition) is 0. The maximum absolute atomic E-state index is 6.45. The Morgan fingerprint density at radius 1 is 0.545 bits per heavy atom. The Hall–Kier alpha value is -1.02. The third-order valence-electron chi connectivity index (χ3n) is 3.64. The van der Waals surface area contributed by atoms with E-state index in [9.17, 15) is 0 Å². The van der Waals surface area contributed by atoms with E-state index in [0.717, 1.165) is 0 Å². The summed E-state index contributed by atoms with van der Waals surface area (Å²) in [5, 5.41) is 3.83. The molecule has 3 heteroatoms. The van der Waals surface area contributed by atoms with E-state index < -0.39 is 7.26 Å². The van der Waals surface area contributed by atoms with Crippen molar-refractivity contribution >= 4 is 34.8 Å². The average Bonchev–Trinajstić information content (AvgIpc) is 2.59. The molecular formula is C19H16ClLiP+. The van der Waals surface area contributed by atoms with Crippen molar-refractivity contribution < 1.29 is 18.9 Å². The second-order valence-electron chi connectivity index (χ2n) is 4.83. The van der Waals surface area contributed by atoms with E-state index in [1.54, 1.807) is 0 Å². The molecule has 3 rings (SSSR count). The summed E-state index contributed by atoms with van der Waals surface area (Å²) in [4.78, 5) is 0. The first-order chi connectivity index (χ1) is 10.4. The van der Waals surface area contributed by atoms with Gasteiger partial charge >= 0.3 is 18.9 Å². The molecule has 0 aliphatic rings. The summed E-state index contributed by atoms with van der Waals surface area (Å²) in [6, 6.07) is 31.7. The fraction of sp³-hybridized carbons (Fsp3) is 0. The standard InChI is InChI=1S/C19H16ClP.Li/c20-16-21(17-10-4-1-5-11-17,18-12-6-2-7-13-18)19-14-8-3-9-15-19;/h1-16H;/q;+1. The SMILES string of the molecule is Cl[CH-][P+](c1ccccc1)(c1ccccc1)c1ccccc1.[Li+]. The molecule has 0 heterocycles. The normalized spacial score (nSPS) is 10.8. The van der Waals surface area contributed by atoms with Crippen LogP contribution in [0.15, 0.2) is 91.0 Å². The van der Waals surface area contributed by atoms with Crippen LogP contribution in [0, 0.1) is 5.62 Å². The van der Waals surface area contributed by atoms with E-state index in [1.165, 1.54) is 15.9 Å². The van der Waals surface area contributed by atoms with Crippen LogP contribution in [0.2, 0.25) is 0 Å². The molecule has 3 aromatic rings.